The number of amides is 2. The van der Waals surface area contributed by atoms with Gasteiger partial charge < -0.3 is 10.4 Å². The van der Waals surface area contributed by atoms with Crippen molar-refractivity contribution in [3.05, 3.63) is 65.7 Å². The van der Waals surface area contributed by atoms with E-state index in [2.05, 4.69) is 5.32 Å². The number of hydrogen-bond donors (Lipinski definition) is 2. The van der Waals surface area contributed by atoms with Gasteiger partial charge in [-0.15, -0.1) is 0 Å². The molecule has 2 atom stereocenters. The number of fused-ring (bicyclic) bond motifs is 1. The number of anilines is 1. The Hall–Kier alpha value is -2.86. The predicted molar refractivity (Wildman–Crippen MR) is 88.5 cm³/mol. The van der Waals surface area contributed by atoms with Gasteiger partial charge in [-0.1, -0.05) is 55.5 Å². The van der Waals surface area contributed by atoms with E-state index < -0.39 is 18.0 Å². The number of carbonyl (C=O) groups excluding carboxylic acids is 1. The Bertz CT molecular complexity index is 748. The normalized spacial score (nSPS) is 19.7. The standard InChI is InChI=1S/C18H18N2O4/c1-12-14-9-5-6-10-15(14)20(17(21)16(12)19-18(22)23)24-11-13-7-3-2-4-8-13/h2-10,12,16,19H,11H2,1H3,(H,22,23)/t12-,16-/m0/s1. The smallest absolute Gasteiger partial charge is 0.405 e. The first-order valence-electron chi connectivity index (χ1n) is 7.67. The lowest BCUT2D eigenvalue weighted by molar-refractivity contribution is -0.129. The second-order valence-corrected chi connectivity index (χ2v) is 5.67. The second-order valence-electron chi connectivity index (χ2n) is 5.67. The largest absolute Gasteiger partial charge is 0.465 e. The molecule has 6 heteroatoms. The Morgan fingerprint density at radius 2 is 1.83 bits per heavy atom. The van der Waals surface area contributed by atoms with Crippen LogP contribution in [0.2, 0.25) is 0 Å². The zero-order chi connectivity index (χ0) is 17.1. The minimum absolute atomic E-state index is 0.217. The van der Waals surface area contributed by atoms with E-state index in [9.17, 15) is 9.59 Å². The van der Waals surface area contributed by atoms with Crippen molar-refractivity contribution in [2.45, 2.75) is 25.5 Å². The molecule has 24 heavy (non-hydrogen) atoms. The summed E-state index contributed by atoms with van der Waals surface area (Å²) in [6, 6.07) is 16.0. The summed E-state index contributed by atoms with van der Waals surface area (Å²) in [5.74, 6) is -0.694. The summed E-state index contributed by atoms with van der Waals surface area (Å²) in [6.07, 6.45) is -1.23. The molecule has 0 aliphatic carbocycles. The number of para-hydroxylation sites is 1. The van der Waals surface area contributed by atoms with E-state index in [1.807, 2.05) is 55.5 Å². The van der Waals surface area contributed by atoms with Crippen LogP contribution in [0.5, 0.6) is 0 Å². The number of carboxylic acid groups (broad SMARTS) is 1. The quantitative estimate of drug-likeness (QED) is 0.905. The van der Waals surface area contributed by atoms with Gasteiger partial charge in [-0.25, -0.2) is 4.79 Å². The average Bonchev–Trinajstić information content (AvgIpc) is 2.59. The SMILES string of the molecule is C[C@H]1c2ccccc2N(OCc2ccccc2)C(=O)[C@H]1NC(=O)O. The monoisotopic (exact) mass is 326 g/mol. The van der Waals surface area contributed by atoms with Gasteiger partial charge in [0.1, 0.15) is 12.6 Å². The van der Waals surface area contributed by atoms with Gasteiger partial charge in [-0.2, -0.15) is 5.06 Å². The van der Waals surface area contributed by atoms with Gasteiger partial charge in [0, 0.05) is 5.92 Å². The topological polar surface area (TPSA) is 78.9 Å². The van der Waals surface area contributed by atoms with E-state index in [1.54, 1.807) is 6.07 Å². The lowest BCUT2D eigenvalue weighted by Crippen LogP contribution is -2.54. The highest BCUT2D eigenvalue weighted by Crippen LogP contribution is 2.36. The number of benzene rings is 2. The number of rotatable bonds is 4. The number of nitrogens with zero attached hydrogens (tertiary/aromatic N) is 1. The fourth-order valence-electron chi connectivity index (χ4n) is 2.86. The van der Waals surface area contributed by atoms with Crippen LogP contribution in [0.15, 0.2) is 54.6 Å². The van der Waals surface area contributed by atoms with E-state index in [4.69, 9.17) is 9.94 Å². The van der Waals surface area contributed by atoms with Crippen molar-refractivity contribution >= 4 is 17.7 Å². The summed E-state index contributed by atoms with van der Waals surface area (Å²) in [7, 11) is 0. The third kappa shape index (κ3) is 3.09. The number of nitrogens with one attached hydrogen (secondary N) is 1. The van der Waals surface area contributed by atoms with E-state index in [1.165, 1.54) is 5.06 Å². The molecule has 6 nitrogen and oxygen atoms in total. The van der Waals surface area contributed by atoms with E-state index in [-0.39, 0.29) is 12.5 Å². The summed E-state index contributed by atoms with van der Waals surface area (Å²) >= 11 is 0. The molecule has 0 fully saturated rings. The minimum atomic E-state index is -1.23. The molecule has 0 spiro atoms. The first-order valence-corrected chi connectivity index (χ1v) is 7.67. The van der Waals surface area contributed by atoms with Gasteiger partial charge in [0.25, 0.3) is 5.91 Å². The van der Waals surface area contributed by atoms with Crippen LogP contribution in [0, 0.1) is 0 Å². The van der Waals surface area contributed by atoms with Crippen molar-refractivity contribution in [2.75, 3.05) is 5.06 Å². The third-order valence-electron chi connectivity index (χ3n) is 4.09. The Morgan fingerprint density at radius 1 is 1.17 bits per heavy atom. The zero-order valence-electron chi connectivity index (χ0n) is 13.2. The fourth-order valence-corrected chi connectivity index (χ4v) is 2.86. The van der Waals surface area contributed by atoms with Crippen molar-refractivity contribution in [2.24, 2.45) is 0 Å². The molecule has 0 aromatic heterocycles. The molecular weight excluding hydrogens is 308 g/mol. The molecule has 2 amide bonds. The van der Waals surface area contributed by atoms with Crippen LogP contribution in [-0.2, 0) is 16.2 Å². The van der Waals surface area contributed by atoms with Crippen LogP contribution in [0.1, 0.15) is 24.0 Å². The van der Waals surface area contributed by atoms with Gasteiger partial charge in [0.05, 0.1) is 5.69 Å². The molecule has 2 N–H and O–H groups in total. The maximum Gasteiger partial charge on any atom is 0.405 e. The Balaban J connectivity index is 1.89. The summed E-state index contributed by atoms with van der Waals surface area (Å²) < 4.78 is 0. The zero-order valence-corrected chi connectivity index (χ0v) is 13.2. The predicted octanol–water partition coefficient (Wildman–Crippen LogP) is 2.90. The van der Waals surface area contributed by atoms with E-state index in [0.29, 0.717) is 5.69 Å². The highest BCUT2D eigenvalue weighted by molar-refractivity contribution is 6.00. The maximum absolute atomic E-state index is 12.7. The summed E-state index contributed by atoms with van der Waals surface area (Å²) in [6.45, 7) is 2.04. The molecule has 1 aliphatic rings. The van der Waals surface area contributed by atoms with Gasteiger partial charge in [-0.05, 0) is 17.2 Å². The van der Waals surface area contributed by atoms with Crippen molar-refractivity contribution in [1.82, 2.24) is 5.32 Å². The number of carbonyl (C=O) groups is 2. The molecule has 0 saturated carbocycles. The van der Waals surface area contributed by atoms with Crippen molar-refractivity contribution < 1.29 is 19.5 Å². The van der Waals surface area contributed by atoms with Gasteiger partial charge >= 0.3 is 6.09 Å². The van der Waals surface area contributed by atoms with Crippen LogP contribution in [0.4, 0.5) is 10.5 Å². The van der Waals surface area contributed by atoms with Crippen LogP contribution in [0.3, 0.4) is 0 Å². The molecular formula is C18H18N2O4. The lowest BCUT2D eigenvalue weighted by Gasteiger charge is -2.36. The lowest BCUT2D eigenvalue weighted by atomic mass is 9.88. The summed E-state index contributed by atoms with van der Waals surface area (Å²) in [5, 5.41) is 12.5. The highest BCUT2D eigenvalue weighted by atomic mass is 16.7. The van der Waals surface area contributed by atoms with E-state index >= 15 is 0 Å². The maximum atomic E-state index is 12.7. The molecule has 124 valence electrons. The van der Waals surface area contributed by atoms with Crippen LogP contribution < -0.4 is 10.4 Å². The van der Waals surface area contributed by atoms with Gasteiger partial charge in [-0.3, -0.25) is 9.63 Å². The van der Waals surface area contributed by atoms with Crippen LogP contribution in [0.25, 0.3) is 0 Å². The van der Waals surface area contributed by atoms with Gasteiger partial charge in [0.2, 0.25) is 0 Å². The molecule has 0 saturated heterocycles. The average molecular weight is 326 g/mol. The van der Waals surface area contributed by atoms with Crippen LogP contribution in [-0.4, -0.2) is 23.1 Å². The van der Waals surface area contributed by atoms with Crippen molar-refractivity contribution in [3.63, 3.8) is 0 Å². The van der Waals surface area contributed by atoms with Crippen molar-refractivity contribution in [3.8, 4) is 0 Å². The molecule has 0 unspecified atom stereocenters. The van der Waals surface area contributed by atoms with Gasteiger partial charge in [0.15, 0.2) is 0 Å². The molecule has 3 rings (SSSR count). The van der Waals surface area contributed by atoms with E-state index in [0.717, 1.165) is 11.1 Å². The summed E-state index contributed by atoms with van der Waals surface area (Å²) in [5.41, 5.74) is 2.43. The molecule has 2 aromatic rings. The third-order valence-corrected chi connectivity index (χ3v) is 4.09. The molecule has 1 aliphatic heterocycles. The number of hydroxylamine groups is 1. The molecule has 1 heterocycles. The Kier molecular flexibility index (Phi) is 4.48. The molecule has 0 bridgehead atoms. The Labute approximate surface area is 139 Å². The fraction of sp³-hybridized carbons (Fsp3) is 0.222. The highest BCUT2D eigenvalue weighted by Gasteiger charge is 2.39. The number of hydrogen-bond acceptors (Lipinski definition) is 3. The molecule has 2 aromatic carbocycles. The molecule has 0 radical (unpaired) electrons. The minimum Gasteiger partial charge on any atom is -0.465 e. The first kappa shape index (κ1) is 16.0. The summed E-state index contributed by atoms with van der Waals surface area (Å²) in [4.78, 5) is 29.5. The first-order chi connectivity index (χ1) is 11.6. The van der Waals surface area contributed by atoms with Crippen LogP contribution >= 0.6 is 0 Å². The second kappa shape index (κ2) is 6.72. The Morgan fingerprint density at radius 3 is 2.54 bits per heavy atom. The van der Waals surface area contributed by atoms with Crippen molar-refractivity contribution in [1.29, 1.82) is 0 Å².